The molecule has 0 amide bonds. The smallest absolute Gasteiger partial charge is 0.178 e. The number of hydrogen-bond donors (Lipinski definition) is 3. The lowest BCUT2D eigenvalue weighted by molar-refractivity contribution is 0.100. The molecule has 0 saturated heterocycles. The minimum atomic E-state index is -0.113. The highest BCUT2D eigenvalue weighted by atomic mass is 16.3. The molecule has 0 saturated carbocycles. The first-order chi connectivity index (χ1) is 8.15. The van der Waals surface area contributed by atoms with E-state index < -0.39 is 0 Å². The molecule has 1 aromatic carbocycles. The quantitative estimate of drug-likeness (QED) is 0.660. The monoisotopic (exact) mass is 236 g/mol. The lowest BCUT2D eigenvalue weighted by Crippen LogP contribution is -2.17. The highest BCUT2D eigenvalue weighted by molar-refractivity contribution is 6.03. The van der Waals surface area contributed by atoms with Crippen molar-refractivity contribution >= 4 is 11.5 Å². The lowest BCUT2D eigenvalue weighted by atomic mass is 9.99. The van der Waals surface area contributed by atoms with Crippen LogP contribution in [0.1, 0.15) is 36.2 Å². The summed E-state index contributed by atoms with van der Waals surface area (Å²) in [5.74, 6) is 0.120. The second-order valence-electron chi connectivity index (χ2n) is 3.89. The third kappa shape index (κ3) is 2.97. The number of carbonyl (C=O) groups is 1. The molecule has 4 nitrogen and oxygen atoms in total. The minimum Gasteiger partial charge on any atom is -0.508 e. The fraction of sp³-hybridized carbons (Fsp3) is 0.462. The highest BCUT2D eigenvalue weighted by Crippen LogP contribution is 2.30. The van der Waals surface area contributed by atoms with Crippen LogP contribution in [0, 0.1) is 0 Å². The van der Waals surface area contributed by atoms with Gasteiger partial charge in [0.25, 0.3) is 0 Å². The third-order valence-corrected chi connectivity index (χ3v) is 2.63. The van der Waals surface area contributed by atoms with Crippen LogP contribution in [0.4, 0.5) is 5.69 Å². The molecular weight excluding hydrogens is 216 g/mol. The number of aromatic hydroxyl groups is 1. The van der Waals surface area contributed by atoms with Crippen LogP contribution in [0.2, 0.25) is 0 Å². The fourth-order valence-electron chi connectivity index (χ4n) is 1.86. The summed E-state index contributed by atoms with van der Waals surface area (Å²) < 4.78 is 0. The molecule has 0 heterocycles. The molecule has 1 aromatic rings. The molecule has 0 fully saturated rings. The number of phenolic OH excluding ortho intramolecular Hbond substituents is 1. The summed E-state index contributed by atoms with van der Waals surface area (Å²) in [5, 5.41) is 13.0. The standard InChI is InChI=1S/C13H20N2O2/c1-3-5-9-11(16)7-6-10(12(17)8-14)13(9)15-4-2/h6-7,15-16H,3-5,8,14H2,1-2H3. The van der Waals surface area contributed by atoms with Crippen LogP contribution in [0.25, 0.3) is 0 Å². The molecule has 0 aromatic heterocycles. The molecule has 0 radical (unpaired) electrons. The number of phenols is 1. The number of Topliss-reactive ketones (excluding diaryl/α,β-unsaturated/α-hetero) is 1. The Morgan fingerprint density at radius 3 is 2.65 bits per heavy atom. The molecule has 0 aliphatic rings. The van der Waals surface area contributed by atoms with Crippen LogP contribution in [-0.2, 0) is 6.42 Å². The predicted octanol–water partition coefficient (Wildman–Crippen LogP) is 1.92. The second kappa shape index (κ2) is 6.25. The largest absolute Gasteiger partial charge is 0.508 e. The summed E-state index contributed by atoms with van der Waals surface area (Å²) in [6.07, 6.45) is 1.64. The Bertz CT molecular complexity index is 403. The number of carbonyl (C=O) groups excluding carboxylic acids is 1. The molecule has 0 bridgehead atoms. The normalized spacial score (nSPS) is 10.3. The molecule has 4 N–H and O–H groups in total. The van der Waals surface area contributed by atoms with Crippen molar-refractivity contribution in [1.82, 2.24) is 0 Å². The Morgan fingerprint density at radius 2 is 2.12 bits per heavy atom. The van der Waals surface area contributed by atoms with E-state index in [1.165, 1.54) is 0 Å². The van der Waals surface area contributed by atoms with Crippen LogP contribution in [-0.4, -0.2) is 24.0 Å². The second-order valence-corrected chi connectivity index (χ2v) is 3.89. The molecule has 0 aliphatic carbocycles. The van der Waals surface area contributed by atoms with Crippen molar-refractivity contribution in [2.75, 3.05) is 18.4 Å². The number of benzene rings is 1. The third-order valence-electron chi connectivity index (χ3n) is 2.63. The van der Waals surface area contributed by atoms with Gasteiger partial charge in [0.1, 0.15) is 5.75 Å². The number of anilines is 1. The van der Waals surface area contributed by atoms with Gasteiger partial charge in [0.2, 0.25) is 0 Å². The maximum atomic E-state index is 11.7. The number of rotatable bonds is 6. The van der Waals surface area contributed by atoms with Crippen LogP contribution < -0.4 is 11.1 Å². The van der Waals surface area contributed by atoms with Crippen molar-refractivity contribution in [3.05, 3.63) is 23.3 Å². The number of nitrogens with one attached hydrogen (secondary N) is 1. The van der Waals surface area contributed by atoms with Gasteiger partial charge in [-0.1, -0.05) is 13.3 Å². The summed E-state index contributed by atoms with van der Waals surface area (Å²) in [6, 6.07) is 3.19. The van der Waals surface area contributed by atoms with E-state index in [0.29, 0.717) is 12.1 Å². The summed E-state index contributed by atoms with van der Waals surface area (Å²) in [5.41, 5.74) is 7.48. The zero-order chi connectivity index (χ0) is 12.8. The molecule has 4 heteroatoms. The fourth-order valence-corrected chi connectivity index (χ4v) is 1.86. The Morgan fingerprint density at radius 1 is 1.41 bits per heavy atom. The van der Waals surface area contributed by atoms with Crippen molar-refractivity contribution < 1.29 is 9.90 Å². The van der Waals surface area contributed by atoms with E-state index in [-0.39, 0.29) is 18.1 Å². The van der Waals surface area contributed by atoms with Crippen LogP contribution in [0.5, 0.6) is 5.75 Å². The average Bonchev–Trinajstić information content (AvgIpc) is 2.33. The van der Waals surface area contributed by atoms with Gasteiger partial charge in [0.15, 0.2) is 5.78 Å². The molecule has 1 rings (SSSR count). The van der Waals surface area contributed by atoms with Gasteiger partial charge in [0.05, 0.1) is 12.2 Å². The number of hydrogen-bond acceptors (Lipinski definition) is 4. The molecule has 0 unspecified atom stereocenters. The maximum absolute atomic E-state index is 11.7. The van der Waals surface area contributed by atoms with Gasteiger partial charge < -0.3 is 16.2 Å². The lowest BCUT2D eigenvalue weighted by Gasteiger charge is -2.16. The Labute approximate surface area is 102 Å². The highest BCUT2D eigenvalue weighted by Gasteiger charge is 2.16. The van der Waals surface area contributed by atoms with Crippen molar-refractivity contribution in [3.63, 3.8) is 0 Å². The van der Waals surface area contributed by atoms with Gasteiger partial charge in [-0.15, -0.1) is 0 Å². The summed E-state index contributed by atoms with van der Waals surface area (Å²) in [6.45, 7) is 4.67. The van der Waals surface area contributed by atoms with E-state index >= 15 is 0 Å². The van der Waals surface area contributed by atoms with Gasteiger partial charge in [0, 0.05) is 17.7 Å². The number of ketones is 1. The SMILES string of the molecule is CCCc1c(O)ccc(C(=O)CN)c1NCC. The van der Waals surface area contributed by atoms with E-state index in [0.717, 1.165) is 24.1 Å². The molecule has 0 spiro atoms. The van der Waals surface area contributed by atoms with Crippen molar-refractivity contribution in [2.45, 2.75) is 26.7 Å². The Hall–Kier alpha value is -1.55. The van der Waals surface area contributed by atoms with E-state index in [9.17, 15) is 9.90 Å². The van der Waals surface area contributed by atoms with Crippen molar-refractivity contribution in [2.24, 2.45) is 5.73 Å². The molecule has 0 aliphatic heterocycles. The van der Waals surface area contributed by atoms with E-state index in [1.807, 2.05) is 13.8 Å². The van der Waals surface area contributed by atoms with Crippen molar-refractivity contribution in [3.8, 4) is 5.75 Å². The maximum Gasteiger partial charge on any atom is 0.178 e. The zero-order valence-electron chi connectivity index (χ0n) is 10.4. The van der Waals surface area contributed by atoms with Crippen LogP contribution in [0.3, 0.4) is 0 Å². The summed E-state index contributed by atoms with van der Waals surface area (Å²) >= 11 is 0. The number of nitrogens with two attached hydrogens (primary N) is 1. The van der Waals surface area contributed by atoms with Gasteiger partial charge in [-0.05, 0) is 25.5 Å². The first kappa shape index (κ1) is 13.5. The van der Waals surface area contributed by atoms with Crippen molar-refractivity contribution in [1.29, 1.82) is 0 Å². The summed E-state index contributed by atoms with van der Waals surface area (Å²) in [4.78, 5) is 11.7. The van der Waals surface area contributed by atoms with Gasteiger partial charge in [-0.3, -0.25) is 4.79 Å². The Balaban J connectivity index is 3.30. The first-order valence-electron chi connectivity index (χ1n) is 5.97. The van der Waals surface area contributed by atoms with Crippen LogP contribution >= 0.6 is 0 Å². The first-order valence-corrected chi connectivity index (χ1v) is 5.97. The van der Waals surface area contributed by atoms with Gasteiger partial charge in [-0.25, -0.2) is 0 Å². The zero-order valence-corrected chi connectivity index (χ0v) is 10.4. The Kier molecular flexibility index (Phi) is 4.97. The topological polar surface area (TPSA) is 75.3 Å². The molecule has 94 valence electrons. The van der Waals surface area contributed by atoms with E-state index in [1.54, 1.807) is 12.1 Å². The summed E-state index contributed by atoms with van der Waals surface area (Å²) in [7, 11) is 0. The molecule has 0 atom stereocenters. The average molecular weight is 236 g/mol. The molecular formula is C13H20N2O2. The predicted molar refractivity (Wildman–Crippen MR) is 69.7 cm³/mol. The van der Waals surface area contributed by atoms with E-state index in [2.05, 4.69) is 5.32 Å². The van der Waals surface area contributed by atoms with Crippen LogP contribution in [0.15, 0.2) is 12.1 Å². The van der Waals surface area contributed by atoms with E-state index in [4.69, 9.17) is 5.73 Å². The molecule has 17 heavy (non-hydrogen) atoms. The van der Waals surface area contributed by atoms with Gasteiger partial charge >= 0.3 is 0 Å². The minimum absolute atomic E-state index is 0.0191. The van der Waals surface area contributed by atoms with Gasteiger partial charge in [-0.2, -0.15) is 0 Å².